The summed E-state index contributed by atoms with van der Waals surface area (Å²) in [7, 11) is 5.93. The number of likely N-dealkylation sites (N-methyl/N-ethyl adjacent to an activating group) is 1. The molecule has 0 aromatic rings. The van der Waals surface area contributed by atoms with Crippen molar-refractivity contribution < 1.29 is 42.9 Å². The van der Waals surface area contributed by atoms with Crippen molar-refractivity contribution in [1.82, 2.24) is 0 Å². The summed E-state index contributed by atoms with van der Waals surface area (Å²) in [6.07, 6.45) is 71.4. The van der Waals surface area contributed by atoms with Gasteiger partial charge in [-0.3, -0.25) is 9.59 Å². The highest BCUT2D eigenvalue weighted by Crippen LogP contribution is 2.13. The first-order valence-corrected chi connectivity index (χ1v) is 28.2. The van der Waals surface area contributed by atoms with E-state index in [1.165, 1.54) is 70.6 Å². The molecule has 2 unspecified atom stereocenters. The van der Waals surface area contributed by atoms with Crippen LogP contribution in [0.3, 0.4) is 0 Å². The molecule has 0 radical (unpaired) electrons. The molecule has 408 valence electrons. The van der Waals surface area contributed by atoms with E-state index in [-0.39, 0.29) is 38.6 Å². The number of esters is 2. The van der Waals surface area contributed by atoms with Gasteiger partial charge in [-0.25, -0.2) is 4.79 Å². The van der Waals surface area contributed by atoms with Gasteiger partial charge in [-0.15, -0.1) is 0 Å². The van der Waals surface area contributed by atoms with Crippen LogP contribution in [0.15, 0.2) is 122 Å². The number of carbonyl (C=O) groups excluding carboxylic acids is 2. The third-order valence-electron chi connectivity index (χ3n) is 11.5. The van der Waals surface area contributed by atoms with Gasteiger partial charge in [0.2, 0.25) is 0 Å². The number of ether oxygens (including phenoxy) is 4. The quantitative estimate of drug-likeness (QED) is 0.0211. The zero-order valence-electron chi connectivity index (χ0n) is 46.3. The molecule has 0 aliphatic carbocycles. The van der Waals surface area contributed by atoms with Crippen LogP contribution >= 0.6 is 0 Å². The highest BCUT2D eigenvalue weighted by Gasteiger charge is 2.25. The maximum atomic E-state index is 12.8. The van der Waals surface area contributed by atoms with Gasteiger partial charge in [0, 0.05) is 12.8 Å². The van der Waals surface area contributed by atoms with Crippen molar-refractivity contribution >= 4 is 17.9 Å². The van der Waals surface area contributed by atoms with Crippen LogP contribution in [0.25, 0.3) is 0 Å². The van der Waals surface area contributed by atoms with Crippen molar-refractivity contribution in [1.29, 1.82) is 0 Å². The molecule has 2 atom stereocenters. The van der Waals surface area contributed by atoms with Gasteiger partial charge in [-0.1, -0.05) is 206 Å². The molecule has 9 nitrogen and oxygen atoms in total. The molecule has 0 aromatic carbocycles. The average molecular weight is 1000 g/mol. The second kappa shape index (κ2) is 53.0. The normalized spacial score (nSPS) is 13.7. The van der Waals surface area contributed by atoms with E-state index in [2.05, 4.69) is 135 Å². The zero-order valence-corrected chi connectivity index (χ0v) is 46.3. The summed E-state index contributed by atoms with van der Waals surface area (Å²) in [5.74, 6) is -2.11. The Balaban J connectivity index is 4.43. The first-order valence-electron chi connectivity index (χ1n) is 28.2. The average Bonchev–Trinajstić information content (AvgIpc) is 3.35. The molecule has 0 bridgehead atoms. The number of carbonyl (C=O) groups is 3. The molecule has 9 heteroatoms. The Morgan fingerprint density at radius 2 is 0.806 bits per heavy atom. The molecule has 1 N–H and O–H groups in total. The van der Waals surface area contributed by atoms with Crippen molar-refractivity contribution in [2.24, 2.45) is 0 Å². The van der Waals surface area contributed by atoms with E-state index in [1.807, 2.05) is 21.1 Å². The number of aliphatic carboxylic acids is 1. The Labute approximate surface area is 440 Å². The number of allylic oxidation sites excluding steroid dienone is 20. The van der Waals surface area contributed by atoms with Gasteiger partial charge in [-0.05, 0) is 103 Å². The topological polar surface area (TPSA) is 108 Å². The monoisotopic (exact) mass is 1000 g/mol. The number of carboxylic acids is 1. The smallest absolute Gasteiger partial charge is 0.361 e. The fourth-order valence-electron chi connectivity index (χ4n) is 7.13. The first kappa shape index (κ1) is 67.7. The van der Waals surface area contributed by atoms with Gasteiger partial charge in [-0.2, -0.15) is 0 Å². The summed E-state index contributed by atoms with van der Waals surface area (Å²) in [6.45, 7) is 4.67. The molecular formula is C63H104NO8+. The summed E-state index contributed by atoms with van der Waals surface area (Å²) < 4.78 is 22.8. The molecule has 0 rings (SSSR count). The Kier molecular flexibility index (Phi) is 49.8. The van der Waals surface area contributed by atoms with Crippen molar-refractivity contribution in [3.8, 4) is 0 Å². The maximum Gasteiger partial charge on any atom is 0.361 e. The van der Waals surface area contributed by atoms with Crippen LogP contribution in [0.1, 0.15) is 200 Å². The van der Waals surface area contributed by atoms with Crippen LogP contribution in [0.5, 0.6) is 0 Å². The number of carboxylic acid groups (broad SMARTS) is 1. The lowest BCUT2D eigenvalue weighted by Crippen LogP contribution is -2.40. The molecule has 0 saturated carbocycles. The van der Waals surface area contributed by atoms with Gasteiger partial charge in [0.15, 0.2) is 6.10 Å². The molecule has 0 aliphatic rings. The minimum absolute atomic E-state index is 0.169. The number of nitrogens with zero attached hydrogens (tertiary/aromatic N) is 1. The largest absolute Gasteiger partial charge is 0.477 e. The van der Waals surface area contributed by atoms with Gasteiger partial charge in [0.1, 0.15) is 13.2 Å². The highest BCUT2D eigenvalue weighted by molar-refractivity contribution is 5.71. The standard InChI is InChI=1S/C63H103NO8/c1-6-8-10-12-14-16-18-20-22-24-26-27-28-29-30-31-32-33-34-35-36-38-40-42-44-46-48-50-52-54-61(66)72-59(58-71-63(62(67)68)69-56-55-64(3,4)5)57-70-60(65)53-51-49-47-45-43-41-39-37-25-23-21-19-17-15-13-11-9-7-2/h8,10,14,16,20,22-23,25-27,29-30,32-33,35-36,40,42,46,48,59,63H,6-7,9,11-13,15,17-19,21,24,28,31,34,37-39,41,43-45,47,49-58H2,1-5H3/p+1/b10-8-,16-14-,22-20-,25-23-,27-26-,30-29-,33-32-,36-35-,42-40-,48-46-. The van der Waals surface area contributed by atoms with Crippen molar-refractivity contribution in [3.63, 3.8) is 0 Å². The van der Waals surface area contributed by atoms with Crippen LogP contribution in [0.2, 0.25) is 0 Å². The Hall–Kier alpha value is -4.31. The first-order chi connectivity index (χ1) is 35.1. The molecule has 0 amide bonds. The second-order valence-corrected chi connectivity index (χ2v) is 19.5. The molecule has 0 spiro atoms. The number of hydrogen-bond acceptors (Lipinski definition) is 7. The van der Waals surface area contributed by atoms with Gasteiger partial charge < -0.3 is 28.5 Å². The maximum absolute atomic E-state index is 12.8. The third-order valence-corrected chi connectivity index (χ3v) is 11.5. The Morgan fingerprint density at radius 1 is 0.431 bits per heavy atom. The van der Waals surface area contributed by atoms with Crippen molar-refractivity contribution in [3.05, 3.63) is 122 Å². The van der Waals surface area contributed by atoms with Crippen LogP contribution < -0.4 is 0 Å². The zero-order chi connectivity index (χ0) is 52.7. The molecular weight excluding hydrogens is 899 g/mol. The van der Waals surface area contributed by atoms with E-state index in [4.69, 9.17) is 18.9 Å². The van der Waals surface area contributed by atoms with Gasteiger partial charge in [0.05, 0.1) is 34.4 Å². The summed E-state index contributed by atoms with van der Waals surface area (Å²) in [6, 6.07) is 0. The minimum Gasteiger partial charge on any atom is -0.477 e. The number of quaternary nitrogens is 1. The summed E-state index contributed by atoms with van der Waals surface area (Å²) in [5.41, 5.74) is 0. The predicted molar refractivity (Wildman–Crippen MR) is 304 cm³/mol. The summed E-state index contributed by atoms with van der Waals surface area (Å²) in [4.78, 5) is 37.4. The van der Waals surface area contributed by atoms with Crippen molar-refractivity contribution in [2.75, 3.05) is 47.5 Å². The molecule has 0 fully saturated rings. The summed E-state index contributed by atoms with van der Waals surface area (Å²) >= 11 is 0. The summed E-state index contributed by atoms with van der Waals surface area (Å²) in [5, 5.41) is 9.69. The molecule has 0 aliphatic heterocycles. The van der Waals surface area contributed by atoms with Crippen molar-refractivity contribution in [2.45, 2.75) is 212 Å². The van der Waals surface area contributed by atoms with Gasteiger partial charge in [0.25, 0.3) is 6.29 Å². The predicted octanol–water partition coefficient (Wildman–Crippen LogP) is 16.5. The van der Waals surface area contributed by atoms with Crippen LogP contribution in [0.4, 0.5) is 0 Å². The number of rotatable bonds is 50. The fourth-order valence-corrected chi connectivity index (χ4v) is 7.13. The molecule has 0 aromatic heterocycles. The van der Waals surface area contributed by atoms with E-state index in [1.54, 1.807) is 0 Å². The third kappa shape index (κ3) is 53.5. The second-order valence-electron chi connectivity index (χ2n) is 19.5. The lowest BCUT2D eigenvalue weighted by atomic mass is 10.1. The number of hydrogen-bond donors (Lipinski definition) is 1. The van der Waals surface area contributed by atoms with E-state index in [0.717, 1.165) is 89.9 Å². The molecule has 0 saturated heterocycles. The van der Waals surface area contributed by atoms with E-state index in [9.17, 15) is 19.5 Å². The molecule has 0 heterocycles. The van der Waals surface area contributed by atoms with Gasteiger partial charge >= 0.3 is 17.9 Å². The van der Waals surface area contributed by atoms with E-state index < -0.39 is 24.3 Å². The number of unbranched alkanes of at least 4 members (excludes halogenated alkanes) is 15. The Bertz CT molecular complexity index is 1590. The SMILES string of the molecule is CC/C=C\C/C=C\C/C=C\C/C=C\C/C=C\C/C=C\C/C=C\C/C=C\C/C=C\CCCC(=O)OC(COC(=O)CCCCCCCCC/C=C\CCCCCCCCC)COC(OCC[N+](C)(C)C)C(=O)O. The lowest BCUT2D eigenvalue weighted by molar-refractivity contribution is -0.870. The lowest BCUT2D eigenvalue weighted by Gasteiger charge is -2.25. The fraction of sp³-hybridized carbons (Fsp3) is 0.635. The molecule has 72 heavy (non-hydrogen) atoms. The highest BCUT2D eigenvalue weighted by atomic mass is 16.7. The van der Waals surface area contributed by atoms with Crippen LogP contribution in [-0.2, 0) is 33.3 Å². The Morgan fingerprint density at radius 3 is 1.24 bits per heavy atom. The van der Waals surface area contributed by atoms with Crippen LogP contribution in [0, 0.1) is 0 Å². The minimum atomic E-state index is -1.53. The van der Waals surface area contributed by atoms with E-state index >= 15 is 0 Å². The van der Waals surface area contributed by atoms with Crippen LogP contribution in [-0.4, -0.2) is 87.4 Å². The van der Waals surface area contributed by atoms with E-state index in [0.29, 0.717) is 23.9 Å².